The van der Waals surface area contributed by atoms with Crippen LogP contribution < -0.4 is 10.2 Å². The van der Waals surface area contributed by atoms with Gasteiger partial charge in [0, 0.05) is 44.0 Å². The van der Waals surface area contributed by atoms with Gasteiger partial charge in [0.1, 0.15) is 17.4 Å². The van der Waals surface area contributed by atoms with Crippen LogP contribution in [0.4, 0.5) is 15.9 Å². The first kappa shape index (κ1) is 16.2. The maximum absolute atomic E-state index is 13.3. The van der Waals surface area contributed by atoms with Crippen molar-refractivity contribution >= 4 is 17.4 Å². The monoisotopic (exact) mass is 330 g/mol. The minimum Gasteiger partial charge on any atom is -0.506 e. The topological polar surface area (TPSA) is 68.7 Å². The number of likely N-dealkylation sites (N-methyl/N-ethyl adjacent to an activating group) is 1. The largest absolute Gasteiger partial charge is 0.506 e. The van der Waals surface area contributed by atoms with Crippen molar-refractivity contribution in [1.29, 1.82) is 0 Å². The van der Waals surface area contributed by atoms with E-state index in [0.717, 1.165) is 44.1 Å². The number of hydrogen-bond donors (Lipinski definition) is 2. The second kappa shape index (κ2) is 6.84. The van der Waals surface area contributed by atoms with E-state index in [-0.39, 0.29) is 11.4 Å². The molecule has 1 aliphatic rings. The number of benzene rings is 1. The molecule has 0 aliphatic carbocycles. The minimum absolute atomic E-state index is 0.0398. The van der Waals surface area contributed by atoms with Crippen LogP contribution >= 0.6 is 0 Å². The van der Waals surface area contributed by atoms with Crippen LogP contribution in [0.15, 0.2) is 36.5 Å². The predicted octanol–water partition coefficient (Wildman–Crippen LogP) is 1.93. The number of halogens is 1. The molecule has 2 heterocycles. The Kier molecular flexibility index (Phi) is 4.61. The molecule has 0 atom stereocenters. The molecule has 6 nitrogen and oxygen atoms in total. The summed E-state index contributed by atoms with van der Waals surface area (Å²) in [6.45, 7) is 3.57. The molecule has 2 aromatic rings. The first-order valence-corrected chi connectivity index (χ1v) is 7.72. The lowest BCUT2D eigenvalue weighted by molar-refractivity contribution is 0.102. The van der Waals surface area contributed by atoms with Gasteiger partial charge in [-0.3, -0.25) is 4.79 Å². The summed E-state index contributed by atoms with van der Waals surface area (Å²) < 4.78 is 13.3. The Morgan fingerprint density at radius 2 is 1.96 bits per heavy atom. The fourth-order valence-corrected chi connectivity index (χ4v) is 2.57. The summed E-state index contributed by atoms with van der Waals surface area (Å²) in [6.07, 6.45) is 1.58. The quantitative estimate of drug-likeness (QED) is 0.842. The Morgan fingerprint density at radius 1 is 1.21 bits per heavy atom. The third-order valence-corrected chi connectivity index (χ3v) is 4.04. The molecule has 1 amide bonds. The van der Waals surface area contributed by atoms with E-state index in [1.165, 1.54) is 6.07 Å². The average Bonchev–Trinajstić information content (AvgIpc) is 2.59. The Balaban J connectivity index is 1.76. The number of phenols is 1. The molecule has 0 bridgehead atoms. The van der Waals surface area contributed by atoms with Gasteiger partial charge in [-0.05, 0) is 31.3 Å². The van der Waals surface area contributed by atoms with Gasteiger partial charge in [0.15, 0.2) is 0 Å². The van der Waals surface area contributed by atoms with E-state index in [0.29, 0.717) is 5.56 Å². The number of hydrogen-bond acceptors (Lipinski definition) is 5. The molecule has 3 rings (SSSR count). The number of piperazine rings is 1. The second-order valence-electron chi connectivity index (χ2n) is 5.81. The molecule has 126 valence electrons. The van der Waals surface area contributed by atoms with Crippen molar-refractivity contribution in [3.8, 4) is 5.75 Å². The Morgan fingerprint density at radius 3 is 2.71 bits per heavy atom. The van der Waals surface area contributed by atoms with Gasteiger partial charge >= 0.3 is 0 Å². The van der Waals surface area contributed by atoms with Crippen molar-refractivity contribution in [2.24, 2.45) is 0 Å². The highest BCUT2D eigenvalue weighted by atomic mass is 19.1. The number of pyridine rings is 1. The zero-order valence-corrected chi connectivity index (χ0v) is 13.4. The second-order valence-corrected chi connectivity index (χ2v) is 5.81. The molecule has 0 radical (unpaired) electrons. The number of amides is 1. The molecule has 1 fully saturated rings. The number of rotatable bonds is 3. The van der Waals surface area contributed by atoms with Crippen molar-refractivity contribution in [2.75, 3.05) is 43.4 Å². The van der Waals surface area contributed by atoms with Crippen LogP contribution in [0.3, 0.4) is 0 Å². The van der Waals surface area contributed by atoms with Gasteiger partial charge in [0.2, 0.25) is 0 Å². The first-order valence-electron chi connectivity index (χ1n) is 7.72. The summed E-state index contributed by atoms with van der Waals surface area (Å²) in [5.41, 5.74) is 0.445. The first-order chi connectivity index (χ1) is 11.5. The number of phenolic OH excluding ortho intramolecular Hbond substituents is 1. The van der Waals surface area contributed by atoms with Crippen LogP contribution in [0.1, 0.15) is 10.4 Å². The molecule has 24 heavy (non-hydrogen) atoms. The minimum atomic E-state index is -0.532. The number of aromatic hydroxyl groups is 1. The Labute approximate surface area is 139 Å². The number of anilines is 2. The van der Waals surface area contributed by atoms with Crippen molar-refractivity contribution in [3.63, 3.8) is 0 Å². The third-order valence-electron chi connectivity index (χ3n) is 4.04. The van der Waals surface area contributed by atoms with Gasteiger partial charge in [0.25, 0.3) is 5.91 Å². The van der Waals surface area contributed by atoms with Crippen molar-refractivity contribution in [3.05, 3.63) is 47.9 Å². The molecule has 1 saturated heterocycles. The molecule has 2 N–H and O–H groups in total. The number of nitrogens with zero attached hydrogens (tertiary/aromatic N) is 3. The summed E-state index contributed by atoms with van der Waals surface area (Å²) >= 11 is 0. The number of carbonyl (C=O) groups excluding carboxylic acids is 1. The van der Waals surface area contributed by atoms with Gasteiger partial charge in [-0.2, -0.15) is 0 Å². The molecule has 1 aromatic heterocycles. The van der Waals surface area contributed by atoms with E-state index in [2.05, 4.69) is 27.1 Å². The number of carbonyl (C=O) groups is 1. The smallest absolute Gasteiger partial charge is 0.255 e. The normalized spacial score (nSPS) is 15.3. The van der Waals surface area contributed by atoms with Gasteiger partial charge < -0.3 is 20.2 Å². The molecule has 1 aliphatic heterocycles. The number of aromatic nitrogens is 1. The maximum atomic E-state index is 13.3. The van der Waals surface area contributed by atoms with Crippen LogP contribution in [0.25, 0.3) is 0 Å². The van der Waals surface area contributed by atoms with E-state index in [1.807, 2.05) is 0 Å². The SMILES string of the molecule is CN1CCN(c2cc(C(=O)Nc3cc(F)ccc3O)ccn2)CC1. The lowest BCUT2D eigenvalue weighted by Gasteiger charge is -2.33. The molecule has 0 unspecified atom stereocenters. The van der Waals surface area contributed by atoms with Crippen LogP contribution in [-0.2, 0) is 0 Å². The molecule has 0 saturated carbocycles. The van der Waals surface area contributed by atoms with E-state index < -0.39 is 11.7 Å². The van der Waals surface area contributed by atoms with Gasteiger partial charge in [-0.15, -0.1) is 0 Å². The van der Waals surface area contributed by atoms with E-state index in [4.69, 9.17) is 0 Å². The third kappa shape index (κ3) is 3.62. The van der Waals surface area contributed by atoms with Crippen molar-refractivity contribution < 1.29 is 14.3 Å². The van der Waals surface area contributed by atoms with Crippen LogP contribution in [0.2, 0.25) is 0 Å². The molecular formula is C17H19FN4O2. The highest BCUT2D eigenvalue weighted by molar-refractivity contribution is 6.05. The predicted molar refractivity (Wildman–Crippen MR) is 90.0 cm³/mol. The molecular weight excluding hydrogens is 311 g/mol. The van der Waals surface area contributed by atoms with E-state index in [1.54, 1.807) is 18.3 Å². The fourth-order valence-electron chi connectivity index (χ4n) is 2.57. The lowest BCUT2D eigenvalue weighted by atomic mass is 10.2. The summed E-state index contributed by atoms with van der Waals surface area (Å²) in [5.74, 6) is -0.401. The Bertz CT molecular complexity index is 745. The Hall–Kier alpha value is -2.67. The fraction of sp³-hybridized carbons (Fsp3) is 0.294. The van der Waals surface area contributed by atoms with Gasteiger partial charge in [-0.1, -0.05) is 0 Å². The summed E-state index contributed by atoms with van der Waals surface area (Å²) in [6, 6.07) is 6.70. The summed E-state index contributed by atoms with van der Waals surface area (Å²) in [5, 5.41) is 12.2. The highest BCUT2D eigenvalue weighted by Crippen LogP contribution is 2.24. The zero-order valence-electron chi connectivity index (χ0n) is 13.4. The van der Waals surface area contributed by atoms with Crippen LogP contribution in [-0.4, -0.2) is 54.1 Å². The zero-order chi connectivity index (χ0) is 17.1. The summed E-state index contributed by atoms with van der Waals surface area (Å²) in [4.78, 5) is 21.1. The van der Waals surface area contributed by atoms with Gasteiger partial charge in [-0.25, -0.2) is 9.37 Å². The van der Waals surface area contributed by atoms with Gasteiger partial charge in [0.05, 0.1) is 5.69 Å². The molecule has 1 aromatic carbocycles. The highest BCUT2D eigenvalue weighted by Gasteiger charge is 2.17. The van der Waals surface area contributed by atoms with E-state index in [9.17, 15) is 14.3 Å². The van der Waals surface area contributed by atoms with Crippen molar-refractivity contribution in [1.82, 2.24) is 9.88 Å². The van der Waals surface area contributed by atoms with Crippen LogP contribution in [0.5, 0.6) is 5.75 Å². The lowest BCUT2D eigenvalue weighted by Crippen LogP contribution is -2.44. The maximum Gasteiger partial charge on any atom is 0.255 e. The summed E-state index contributed by atoms with van der Waals surface area (Å²) in [7, 11) is 2.07. The van der Waals surface area contributed by atoms with E-state index >= 15 is 0 Å². The molecule has 0 spiro atoms. The average molecular weight is 330 g/mol. The number of nitrogens with one attached hydrogen (secondary N) is 1. The van der Waals surface area contributed by atoms with Crippen LogP contribution in [0, 0.1) is 5.82 Å². The molecule has 7 heteroatoms. The standard InChI is InChI=1S/C17H19FN4O2/c1-21-6-8-22(9-7-21)16-10-12(4-5-19-16)17(24)20-14-11-13(18)2-3-15(14)23/h2-5,10-11,23H,6-9H2,1H3,(H,20,24). The van der Waals surface area contributed by atoms with Crippen molar-refractivity contribution in [2.45, 2.75) is 0 Å².